The summed E-state index contributed by atoms with van der Waals surface area (Å²) in [4.78, 5) is 15.4. The van der Waals surface area contributed by atoms with Crippen molar-refractivity contribution in [2.24, 2.45) is 0 Å². The molecule has 0 aliphatic rings. The topological polar surface area (TPSA) is 67.2 Å². The van der Waals surface area contributed by atoms with Crippen LogP contribution in [0.5, 0.6) is 0 Å². The van der Waals surface area contributed by atoms with Gasteiger partial charge in [-0.1, -0.05) is 63.9 Å². The van der Waals surface area contributed by atoms with Gasteiger partial charge < -0.3 is 4.57 Å². The molecule has 178 valence electrons. The molecule has 1 amide bonds. The van der Waals surface area contributed by atoms with E-state index in [1.165, 1.54) is 40.6 Å². The van der Waals surface area contributed by atoms with E-state index in [1.807, 2.05) is 24.5 Å². The predicted octanol–water partition coefficient (Wildman–Crippen LogP) is 6.36. The zero-order valence-electron chi connectivity index (χ0n) is 20.4. The van der Waals surface area contributed by atoms with Crippen LogP contribution in [-0.2, 0) is 25.8 Å². The molecule has 4 rings (SSSR count). The van der Waals surface area contributed by atoms with Gasteiger partial charge in [-0.15, -0.1) is 0 Å². The Labute approximate surface area is 202 Å². The third-order valence-corrected chi connectivity index (χ3v) is 5.98. The predicted molar refractivity (Wildman–Crippen MR) is 138 cm³/mol. The molecule has 34 heavy (non-hydrogen) atoms. The van der Waals surface area contributed by atoms with Crippen molar-refractivity contribution in [1.29, 1.82) is 0 Å². The van der Waals surface area contributed by atoms with Crippen molar-refractivity contribution in [2.75, 3.05) is 0 Å². The second-order valence-corrected chi connectivity index (χ2v) is 8.38. The fourth-order valence-electron chi connectivity index (χ4n) is 4.37. The summed E-state index contributed by atoms with van der Waals surface area (Å²) in [5.74, 6) is -0.488. The van der Waals surface area contributed by atoms with Gasteiger partial charge in [-0.3, -0.25) is 15.0 Å². The Hall–Kier alpha value is -3.44. The lowest BCUT2D eigenvalue weighted by molar-refractivity contribution is 0.0706. The average Bonchev–Trinajstić information content (AvgIpc) is 3.17. The Morgan fingerprint density at radius 1 is 0.882 bits per heavy atom. The summed E-state index contributed by atoms with van der Waals surface area (Å²) in [5.41, 5.74) is 8.74. The molecule has 0 spiro atoms. The summed E-state index contributed by atoms with van der Waals surface area (Å²) in [6, 6.07) is 20.1. The zero-order valence-corrected chi connectivity index (χ0v) is 20.4. The smallest absolute Gasteiger partial charge is 0.274 e. The number of hydrogen-bond donors (Lipinski definition) is 2. The van der Waals surface area contributed by atoms with Crippen molar-refractivity contribution in [3.8, 4) is 0 Å². The molecule has 0 unspecified atom stereocenters. The number of benzene rings is 2. The molecule has 5 heteroatoms. The summed E-state index contributed by atoms with van der Waals surface area (Å²) in [6.07, 6.45) is 9.25. The van der Waals surface area contributed by atoms with Crippen molar-refractivity contribution in [1.82, 2.24) is 15.0 Å². The molecule has 0 radical (unpaired) electrons. The number of amides is 1. The van der Waals surface area contributed by atoms with Crippen LogP contribution in [0.2, 0.25) is 0 Å². The fourth-order valence-corrected chi connectivity index (χ4v) is 4.37. The minimum atomic E-state index is -0.488. The van der Waals surface area contributed by atoms with Gasteiger partial charge in [-0.05, 0) is 66.3 Å². The molecule has 0 aliphatic heterocycles. The van der Waals surface area contributed by atoms with Gasteiger partial charge in [0.15, 0.2) is 0 Å². The van der Waals surface area contributed by atoms with Gasteiger partial charge in [0, 0.05) is 41.1 Å². The molecule has 2 N–H and O–H groups in total. The maximum Gasteiger partial charge on any atom is 0.274 e. The minimum Gasteiger partial charge on any atom is -0.340 e. The Kier molecular flexibility index (Phi) is 9.41. The number of pyridine rings is 1. The molecule has 0 saturated heterocycles. The number of aryl methyl sites for hydroxylation is 2. The molecule has 2 aromatic carbocycles. The lowest BCUT2D eigenvalue weighted by Crippen LogP contribution is -2.18. The Balaban J connectivity index is 0.000000302. The normalized spacial score (nSPS) is 10.6. The highest BCUT2D eigenvalue weighted by Crippen LogP contribution is 2.28. The quantitative estimate of drug-likeness (QED) is 0.239. The second-order valence-electron chi connectivity index (χ2n) is 8.38. The lowest BCUT2D eigenvalue weighted by atomic mass is 10.1. The van der Waals surface area contributed by atoms with Crippen LogP contribution in [0.4, 0.5) is 0 Å². The van der Waals surface area contributed by atoms with Crippen LogP contribution in [0.25, 0.3) is 10.9 Å². The van der Waals surface area contributed by atoms with E-state index in [4.69, 9.17) is 5.21 Å². The first-order valence-electron chi connectivity index (χ1n) is 12.1. The van der Waals surface area contributed by atoms with Crippen LogP contribution in [-0.4, -0.2) is 20.7 Å². The molecular weight excluding hydrogens is 422 g/mol. The van der Waals surface area contributed by atoms with Crippen molar-refractivity contribution in [2.45, 2.75) is 59.4 Å². The number of aromatic nitrogens is 2. The number of rotatable bonds is 8. The van der Waals surface area contributed by atoms with Gasteiger partial charge >= 0.3 is 0 Å². The van der Waals surface area contributed by atoms with Crippen molar-refractivity contribution >= 4 is 16.8 Å². The summed E-state index contributed by atoms with van der Waals surface area (Å²) < 4.78 is 2.40. The van der Waals surface area contributed by atoms with Gasteiger partial charge in [0.2, 0.25) is 0 Å². The summed E-state index contributed by atoms with van der Waals surface area (Å²) >= 11 is 0. The van der Waals surface area contributed by atoms with E-state index < -0.39 is 5.91 Å². The van der Waals surface area contributed by atoms with Crippen LogP contribution in [0.1, 0.15) is 66.4 Å². The van der Waals surface area contributed by atoms with Crippen LogP contribution in [0.3, 0.4) is 0 Å². The first-order chi connectivity index (χ1) is 16.6. The van der Waals surface area contributed by atoms with Gasteiger partial charge in [-0.25, -0.2) is 5.48 Å². The van der Waals surface area contributed by atoms with Gasteiger partial charge in [0.25, 0.3) is 5.91 Å². The summed E-state index contributed by atoms with van der Waals surface area (Å²) in [6.45, 7) is 7.38. The van der Waals surface area contributed by atoms with Crippen molar-refractivity contribution in [3.63, 3.8) is 0 Å². The van der Waals surface area contributed by atoms with E-state index in [9.17, 15) is 4.79 Å². The molecule has 5 nitrogen and oxygen atoms in total. The summed E-state index contributed by atoms with van der Waals surface area (Å²) in [5, 5.41) is 10.1. The first-order valence-corrected chi connectivity index (χ1v) is 12.1. The van der Waals surface area contributed by atoms with E-state index in [0.29, 0.717) is 5.56 Å². The lowest BCUT2D eigenvalue weighted by Gasteiger charge is -2.12. The third kappa shape index (κ3) is 6.12. The standard InChI is InChI=1S/C21H24N2O2.C8H11N/c1-3-7-19-17(4-2)18-8-5-6-9-20(18)23(19)14-15-10-12-16(13-11-15)21(24)22-25;1-2-3-8-4-6-9-7-5-8/h5-6,8-13,25H,3-4,7,14H2,1-2H3,(H,22,24);4-7H,2-3H2,1H3. The molecule has 2 heterocycles. The minimum absolute atomic E-state index is 0.451. The van der Waals surface area contributed by atoms with E-state index in [1.54, 1.807) is 17.6 Å². The Morgan fingerprint density at radius 2 is 1.56 bits per heavy atom. The van der Waals surface area contributed by atoms with E-state index in [2.05, 4.69) is 66.7 Å². The highest BCUT2D eigenvalue weighted by atomic mass is 16.5. The Bertz CT molecular complexity index is 1180. The highest BCUT2D eigenvalue weighted by Gasteiger charge is 2.15. The van der Waals surface area contributed by atoms with Crippen molar-refractivity contribution < 1.29 is 10.0 Å². The van der Waals surface area contributed by atoms with Gasteiger partial charge in [-0.2, -0.15) is 0 Å². The van der Waals surface area contributed by atoms with E-state index in [-0.39, 0.29) is 0 Å². The molecule has 4 aromatic rings. The Morgan fingerprint density at radius 3 is 2.18 bits per heavy atom. The molecule has 0 bridgehead atoms. The maximum atomic E-state index is 11.5. The van der Waals surface area contributed by atoms with E-state index >= 15 is 0 Å². The van der Waals surface area contributed by atoms with Gasteiger partial charge in [0.05, 0.1) is 0 Å². The van der Waals surface area contributed by atoms with E-state index in [0.717, 1.165) is 31.4 Å². The van der Waals surface area contributed by atoms with Crippen LogP contribution in [0.15, 0.2) is 73.1 Å². The maximum absolute atomic E-state index is 11.5. The number of para-hydroxylation sites is 1. The average molecular weight is 458 g/mol. The van der Waals surface area contributed by atoms with Crippen LogP contribution in [0, 0.1) is 0 Å². The number of hydrogen-bond acceptors (Lipinski definition) is 3. The molecule has 0 atom stereocenters. The van der Waals surface area contributed by atoms with Crippen LogP contribution < -0.4 is 5.48 Å². The monoisotopic (exact) mass is 457 g/mol. The molecular formula is C29H35N3O2. The fraction of sp³-hybridized carbons (Fsp3) is 0.310. The van der Waals surface area contributed by atoms with Gasteiger partial charge in [0.1, 0.15) is 0 Å². The SMILES string of the molecule is CCCc1c(CC)c2ccccc2n1Cc1ccc(C(=O)NO)cc1.CCCc1ccncc1. The summed E-state index contributed by atoms with van der Waals surface area (Å²) in [7, 11) is 0. The molecule has 0 aliphatic carbocycles. The number of hydroxylamine groups is 1. The van der Waals surface area contributed by atoms with Crippen molar-refractivity contribution in [3.05, 3.63) is 101 Å². The zero-order chi connectivity index (χ0) is 24.3. The number of carbonyl (C=O) groups excluding carboxylic acids is 1. The largest absolute Gasteiger partial charge is 0.340 e. The molecule has 2 aromatic heterocycles. The molecule has 0 fully saturated rings. The highest BCUT2D eigenvalue weighted by molar-refractivity contribution is 5.93. The number of nitrogens with one attached hydrogen (secondary N) is 1. The number of fused-ring (bicyclic) bond motifs is 1. The first kappa shape index (κ1) is 25.2. The van der Waals surface area contributed by atoms with Crippen LogP contribution >= 0.6 is 0 Å². The number of nitrogens with zero attached hydrogens (tertiary/aromatic N) is 2. The second kappa shape index (κ2) is 12.7. The number of carbonyl (C=O) groups is 1. The molecule has 0 saturated carbocycles. The third-order valence-electron chi connectivity index (χ3n) is 5.98.